The number of hydrogen-bond acceptors (Lipinski definition) is 3. The first-order valence-electron chi connectivity index (χ1n) is 5.80. The van der Waals surface area contributed by atoms with Crippen LogP contribution in [0.5, 0.6) is 0 Å². The summed E-state index contributed by atoms with van der Waals surface area (Å²) in [7, 11) is 0. The highest BCUT2D eigenvalue weighted by atomic mass is 35.5. The summed E-state index contributed by atoms with van der Waals surface area (Å²) in [6, 6.07) is 7.50. The molecule has 0 aliphatic carbocycles. The van der Waals surface area contributed by atoms with Gasteiger partial charge < -0.3 is 0 Å². The molecule has 1 aromatic heterocycles. The van der Waals surface area contributed by atoms with Gasteiger partial charge in [-0.15, -0.1) is 18.3 Å². The van der Waals surface area contributed by atoms with Crippen molar-refractivity contribution in [1.29, 1.82) is 0 Å². The molecule has 0 bridgehead atoms. The van der Waals surface area contributed by atoms with Crippen molar-refractivity contribution in [3.63, 3.8) is 0 Å². The third-order valence-electron chi connectivity index (χ3n) is 2.37. The minimum atomic E-state index is 0.639. The fourth-order valence-electron chi connectivity index (χ4n) is 1.53. The molecule has 0 unspecified atom stereocenters. The summed E-state index contributed by atoms with van der Waals surface area (Å²) >= 11 is 7.48. The van der Waals surface area contributed by atoms with E-state index in [-0.39, 0.29) is 0 Å². The first kappa shape index (κ1) is 13.9. The van der Waals surface area contributed by atoms with Gasteiger partial charge in [0.15, 0.2) is 11.0 Å². The van der Waals surface area contributed by atoms with Gasteiger partial charge in [-0.05, 0) is 24.3 Å². The van der Waals surface area contributed by atoms with Crippen LogP contribution in [0.3, 0.4) is 0 Å². The van der Waals surface area contributed by atoms with Crippen molar-refractivity contribution < 1.29 is 0 Å². The van der Waals surface area contributed by atoms with Crippen LogP contribution in [-0.2, 0) is 6.54 Å². The van der Waals surface area contributed by atoms with E-state index in [1.54, 1.807) is 17.8 Å². The topological polar surface area (TPSA) is 30.7 Å². The fourth-order valence-corrected chi connectivity index (χ4v) is 2.34. The zero-order valence-electron chi connectivity index (χ0n) is 10.4. The van der Waals surface area contributed by atoms with Crippen molar-refractivity contribution in [1.82, 2.24) is 14.8 Å². The molecule has 2 rings (SSSR count). The smallest absolute Gasteiger partial charge is 0.187 e. The molecule has 0 saturated carbocycles. The Hall–Kier alpha value is -1.52. The van der Waals surface area contributed by atoms with Gasteiger partial charge in [-0.1, -0.05) is 35.5 Å². The quantitative estimate of drug-likeness (QED) is 0.594. The molecule has 0 amide bonds. The molecule has 0 atom stereocenters. The van der Waals surface area contributed by atoms with Crippen molar-refractivity contribution in [2.24, 2.45) is 0 Å². The Bertz CT molecular complexity index is 575. The molecule has 19 heavy (non-hydrogen) atoms. The van der Waals surface area contributed by atoms with E-state index in [9.17, 15) is 0 Å². The monoisotopic (exact) mass is 291 g/mol. The Morgan fingerprint density at radius 3 is 2.58 bits per heavy atom. The molecule has 0 fully saturated rings. The maximum absolute atomic E-state index is 5.88. The average molecular weight is 292 g/mol. The van der Waals surface area contributed by atoms with Crippen LogP contribution in [0.2, 0.25) is 5.02 Å². The van der Waals surface area contributed by atoms with Gasteiger partial charge in [0, 0.05) is 16.3 Å². The standard InChI is InChI=1S/C14H14ClN3S/c1-3-9-18-14(19-10-4-2)16-13(17-18)11-5-7-12(15)8-6-11/h3-8H,1-2,9-10H2. The third kappa shape index (κ3) is 3.49. The van der Waals surface area contributed by atoms with Crippen molar-refractivity contribution >= 4 is 23.4 Å². The lowest BCUT2D eigenvalue weighted by atomic mass is 10.2. The highest BCUT2D eigenvalue weighted by Crippen LogP contribution is 2.23. The molecular formula is C14H14ClN3S. The number of hydrogen-bond donors (Lipinski definition) is 0. The number of rotatable bonds is 6. The van der Waals surface area contributed by atoms with Crippen molar-refractivity contribution in [3.8, 4) is 11.4 Å². The van der Waals surface area contributed by atoms with Gasteiger partial charge in [0.1, 0.15) is 0 Å². The van der Waals surface area contributed by atoms with Crippen molar-refractivity contribution in [2.45, 2.75) is 11.7 Å². The predicted octanol–water partition coefficient (Wildman–Crippen LogP) is 4.06. The largest absolute Gasteiger partial charge is 0.236 e. The highest BCUT2D eigenvalue weighted by Gasteiger charge is 2.10. The van der Waals surface area contributed by atoms with Crippen molar-refractivity contribution in [3.05, 3.63) is 54.6 Å². The van der Waals surface area contributed by atoms with Gasteiger partial charge in [-0.25, -0.2) is 9.67 Å². The first-order valence-corrected chi connectivity index (χ1v) is 7.16. The molecule has 98 valence electrons. The number of thioether (sulfide) groups is 1. The Kier molecular flexibility index (Phi) is 4.82. The van der Waals surface area contributed by atoms with E-state index in [2.05, 4.69) is 23.2 Å². The van der Waals surface area contributed by atoms with Crippen LogP contribution >= 0.6 is 23.4 Å². The zero-order chi connectivity index (χ0) is 13.7. The maximum Gasteiger partial charge on any atom is 0.187 e. The van der Waals surface area contributed by atoms with Crippen LogP contribution in [0.1, 0.15) is 0 Å². The van der Waals surface area contributed by atoms with E-state index < -0.39 is 0 Å². The summed E-state index contributed by atoms with van der Waals surface area (Å²) in [4.78, 5) is 4.54. The molecule has 0 spiro atoms. The molecule has 1 heterocycles. The number of benzene rings is 1. The lowest BCUT2D eigenvalue weighted by molar-refractivity contribution is 0.632. The maximum atomic E-state index is 5.88. The van der Waals surface area contributed by atoms with E-state index >= 15 is 0 Å². The molecule has 3 nitrogen and oxygen atoms in total. The summed E-state index contributed by atoms with van der Waals surface area (Å²) in [6.45, 7) is 8.09. The first-order chi connectivity index (χ1) is 9.24. The molecule has 0 aliphatic rings. The van der Waals surface area contributed by atoms with E-state index in [1.165, 1.54) is 0 Å². The van der Waals surface area contributed by atoms with Crippen molar-refractivity contribution in [2.75, 3.05) is 5.75 Å². The zero-order valence-corrected chi connectivity index (χ0v) is 12.0. The second kappa shape index (κ2) is 6.59. The molecule has 1 aromatic carbocycles. The Labute approximate surface area is 122 Å². The van der Waals surface area contributed by atoms with Gasteiger partial charge in [0.05, 0.1) is 6.54 Å². The lowest BCUT2D eigenvalue weighted by Crippen LogP contribution is -1.99. The van der Waals surface area contributed by atoms with Crippen LogP contribution in [0.4, 0.5) is 0 Å². The number of aromatic nitrogens is 3. The molecule has 0 saturated heterocycles. The molecule has 2 aromatic rings. The van der Waals surface area contributed by atoms with Gasteiger partial charge in [-0.2, -0.15) is 0 Å². The van der Waals surface area contributed by atoms with Gasteiger partial charge in [-0.3, -0.25) is 0 Å². The van der Waals surface area contributed by atoms with Gasteiger partial charge in [0.2, 0.25) is 0 Å². The van der Waals surface area contributed by atoms with Crippen LogP contribution in [0, 0.1) is 0 Å². The normalized spacial score (nSPS) is 10.4. The number of allylic oxidation sites excluding steroid dienone is 1. The van der Waals surface area contributed by atoms with E-state index in [1.807, 2.05) is 35.0 Å². The van der Waals surface area contributed by atoms with Crippen LogP contribution in [0.25, 0.3) is 11.4 Å². The van der Waals surface area contributed by atoms with E-state index in [4.69, 9.17) is 11.6 Å². The summed E-state index contributed by atoms with van der Waals surface area (Å²) in [5.41, 5.74) is 0.952. The molecule has 0 radical (unpaired) electrons. The molecule has 0 N–H and O–H groups in total. The van der Waals surface area contributed by atoms with Crippen LogP contribution < -0.4 is 0 Å². The lowest BCUT2D eigenvalue weighted by Gasteiger charge is -1.99. The number of halogens is 1. The fraction of sp³-hybridized carbons (Fsp3) is 0.143. The predicted molar refractivity (Wildman–Crippen MR) is 81.6 cm³/mol. The summed E-state index contributed by atoms with van der Waals surface area (Å²) in [6.07, 6.45) is 3.65. The Morgan fingerprint density at radius 1 is 1.21 bits per heavy atom. The SMILES string of the molecule is C=CCSc1nc(-c2ccc(Cl)cc2)nn1CC=C. The van der Waals surface area contributed by atoms with Crippen LogP contribution in [0.15, 0.2) is 54.7 Å². The van der Waals surface area contributed by atoms with E-state index in [0.29, 0.717) is 17.4 Å². The molecular weight excluding hydrogens is 278 g/mol. The Morgan fingerprint density at radius 2 is 1.95 bits per heavy atom. The van der Waals surface area contributed by atoms with Gasteiger partial charge >= 0.3 is 0 Å². The van der Waals surface area contributed by atoms with Gasteiger partial charge in [0.25, 0.3) is 0 Å². The van der Waals surface area contributed by atoms with Crippen LogP contribution in [-0.4, -0.2) is 20.5 Å². The average Bonchev–Trinajstić information content (AvgIpc) is 2.81. The summed E-state index contributed by atoms with van der Waals surface area (Å²) < 4.78 is 1.84. The van der Waals surface area contributed by atoms with E-state index in [0.717, 1.165) is 16.5 Å². The second-order valence-corrected chi connectivity index (χ2v) is 5.22. The number of nitrogens with zero attached hydrogens (tertiary/aromatic N) is 3. The summed E-state index contributed by atoms with van der Waals surface area (Å²) in [5, 5.41) is 6.06. The highest BCUT2D eigenvalue weighted by molar-refractivity contribution is 7.99. The molecule has 5 heteroatoms. The third-order valence-corrected chi connectivity index (χ3v) is 3.59. The minimum absolute atomic E-state index is 0.639. The Balaban J connectivity index is 2.32. The summed E-state index contributed by atoms with van der Waals surface area (Å²) in [5.74, 6) is 1.50. The molecule has 0 aliphatic heterocycles. The second-order valence-electron chi connectivity index (χ2n) is 3.80. The minimum Gasteiger partial charge on any atom is -0.236 e.